The van der Waals surface area contributed by atoms with Crippen LogP contribution in [0.3, 0.4) is 0 Å². The fourth-order valence-corrected chi connectivity index (χ4v) is 2.46. The molecule has 0 radical (unpaired) electrons. The van der Waals surface area contributed by atoms with E-state index in [1.807, 2.05) is 17.5 Å². The Balaban J connectivity index is 2.05. The van der Waals surface area contributed by atoms with Gasteiger partial charge in [-0.2, -0.15) is 0 Å². The zero-order valence-corrected chi connectivity index (χ0v) is 11.8. The highest BCUT2D eigenvalue weighted by molar-refractivity contribution is 9.10. The van der Waals surface area contributed by atoms with Gasteiger partial charge < -0.3 is 5.32 Å². The van der Waals surface area contributed by atoms with Gasteiger partial charge in [0.1, 0.15) is 0 Å². The number of nitrogens with one attached hydrogen (secondary N) is 1. The third kappa shape index (κ3) is 3.52. The van der Waals surface area contributed by atoms with E-state index < -0.39 is 0 Å². The summed E-state index contributed by atoms with van der Waals surface area (Å²) >= 11 is 10.7. The predicted octanol–water partition coefficient (Wildman–Crippen LogP) is 3.74. The van der Waals surface area contributed by atoms with Crippen LogP contribution in [0.1, 0.15) is 4.88 Å². The summed E-state index contributed by atoms with van der Waals surface area (Å²) in [4.78, 5) is 16.7. The number of pyridine rings is 1. The Labute approximate surface area is 116 Å². The first-order valence-corrected chi connectivity index (χ1v) is 6.83. The molecule has 0 saturated carbocycles. The molecule has 0 bridgehead atoms. The summed E-state index contributed by atoms with van der Waals surface area (Å²) in [5, 5.41) is 4.96. The minimum absolute atomic E-state index is 0.103. The van der Waals surface area contributed by atoms with Crippen LogP contribution in [0.25, 0.3) is 0 Å². The SMILES string of the molecule is O=C(Cc1cccs1)Nc1cc(Br)cnc1Cl. The fourth-order valence-electron chi connectivity index (χ4n) is 1.28. The van der Waals surface area contributed by atoms with Gasteiger partial charge in [-0.05, 0) is 33.4 Å². The third-order valence-corrected chi connectivity index (χ3v) is 3.61. The maximum atomic E-state index is 11.7. The first kappa shape index (κ1) is 12.5. The molecule has 2 rings (SSSR count). The van der Waals surface area contributed by atoms with E-state index in [1.165, 1.54) is 0 Å². The fraction of sp³-hybridized carbons (Fsp3) is 0.0909. The number of anilines is 1. The Hall–Kier alpha value is -0.910. The number of aromatic nitrogens is 1. The van der Waals surface area contributed by atoms with Crippen LogP contribution in [-0.4, -0.2) is 10.9 Å². The standard InChI is InChI=1S/C11H8BrClN2OS/c12-7-4-9(11(13)14-6-7)15-10(16)5-8-2-1-3-17-8/h1-4,6H,5H2,(H,15,16). The van der Waals surface area contributed by atoms with E-state index in [1.54, 1.807) is 23.6 Å². The predicted molar refractivity (Wildman–Crippen MR) is 73.6 cm³/mol. The first-order valence-electron chi connectivity index (χ1n) is 4.78. The van der Waals surface area contributed by atoms with E-state index in [2.05, 4.69) is 26.2 Å². The molecule has 6 heteroatoms. The smallest absolute Gasteiger partial charge is 0.229 e. The minimum atomic E-state index is -0.103. The molecule has 1 N–H and O–H groups in total. The third-order valence-electron chi connectivity index (χ3n) is 1.99. The molecule has 0 unspecified atom stereocenters. The Morgan fingerprint density at radius 3 is 3.12 bits per heavy atom. The van der Waals surface area contributed by atoms with Crippen molar-refractivity contribution in [3.8, 4) is 0 Å². The molecule has 2 heterocycles. The summed E-state index contributed by atoms with van der Waals surface area (Å²) < 4.78 is 0.772. The Morgan fingerprint density at radius 2 is 2.41 bits per heavy atom. The van der Waals surface area contributed by atoms with Gasteiger partial charge in [-0.1, -0.05) is 17.7 Å². The summed E-state index contributed by atoms with van der Waals surface area (Å²) in [7, 11) is 0. The molecule has 3 nitrogen and oxygen atoms in total. The molecule has 17 heavy (non-hydrogen) atoms. The normalized spacial score (nSPS) is 10.2. The molecule has 1 amide bonds. The highest BCUT2D eigenvalue weighted by Gasteiger charge is 2.08. The topological polar surface area (TPSA) is 42.0 Å². The van der Waals surface area contributed by atoms with Crippen molar-refractivity contribution in [1.29, 1.82) is 0 Å². The molecule has 0 aliphatic carbocycles. The number of rotatable bonds is 3. The first-order chi connectivity index (χ1) is 8.15. The van der Waals surface area contributed by atoms with E-state index in [9.17, 15) is 4.79 Å². The van der Waals surface area contributed by atoms with Crippen molar-refractivity contribution in [3.63, 3.8) is 0 Å². The van der Waals surface area contributed by atoms with Crippen molar-refractivity contribution in [1.82, 2.24) is 4.98 Å². The average Bonchev–Trinajstić information content (AvgIpc) is 2.76. The van der Waals surface area contributed by atoms with E-state index >= 15 is 0 Å². The van der Waals surface area contributed by atoms with Crippen LogP contribution in [0.4, 0.5) is 5.69 Å². The molecular formula is C11H8BrClN2OS. The van der Waals surface area contributed by atoms with Gasteiger partial charge in [-0.25, -0.2) is 4.98 Å². The van der Waals surface area contributed by atoms with Crippen molar-refractivity contribution in [3.05, 3.63) is 44.3 Å². The highest BCUT2D eigenvalue weighted by atomic mass is 79.9. The van der Waals surface area contributed by atoms with Gasteiger partial charge in [0.25, 0.3) is 0 Å². The molecule has 0 fully saturated rings. The number of carbonyl (C=O) groups excluding carboxylic acids is 1. The summed E-state index contributed by atoms with van der Waals surface area (Å²) in [6.07, 6.45) is 1.93. The molecular weight excluding hydrogens is 324 g/mol. The van der Waals surface area contributed by atoms with Gasteiger partial charge >= 0.3 is 0 Å². The number of carbonyl (C=O) groups is 1. The van der Waals surface area contributed by atoms with Crippen molar-refractivity contribution in [2.24, 2.45) is 0 Å². The lowest BCUT2D eigenvalue weighted by molar-refractivity contribution is -0.115. The average molecular weight is 332 g/mol. The molecule has 2 aromatic heterocycles. The number of hydrogen-bond acceptors (Lipinski definition) is 3. The second kappa shape index (κ2) is 5.62. The Kier molecular flexibility index (Phi) is 4.15. The van der Waals surface area contributed by atoms with Crippen LogP contribution in [0.15, 0.2) is 34.2 Å². The van der Waals surface area contributed by atoms with E-state index in [0.29, 0.717) is 12.1 Å². The molecule has 0 aliphatic rings. The van der Waals surface area contributed by atoms with Crippen molar-refractivity contribution < 1.29 is 4.79 Å². The second-order valence-corrected chi connectivity index (χ2v) is 5.60. The molecule has 0 saturated heterocycles. The quantitative estimate of drug-likeness (QED) is 0.871. The lowest BCUT2D eigenvalue weighted by atomic mass is 10.3. The van der Waals surface area contributed by atoms with Gasteiger partial charge in [-0.3, -0.25) is 4.79 Å². The van der Waals surface area contributed by atoms with Crippen LogP contribution in [0.2, 0.25) is 5.15 Å². The lowest BCUT2D eigenvalue weighted by Crippen LogP contribution is -2.14. The number of halogens is 2. The monoisotopic (exact) mass is 330 g/mol. The van der Waals surface area contributed by atoms with Crippen LogP contribution in [0, 0.1) is 0 Å². The van der Waals surface area contributed by atoms with Crippen molar-refractivity contribution in [2.75, 3.05) is 5.32 Å². The van der Waals surface area contributed by atoms with Crippen molar-refractivity contribution in [2.45, 2.75) is 6.42 Å². The number of nitrogens with zero attached hydrogens (tertiary/aromatic N) is 1. The van der Waals surface area contributed by atoms with Gasteiger partial charge in [0.15, 0.2) is 5.15 Å². The number of hydrogen-bond donors (Lipinski definition) is 1. The van der Waals surface area contributed by atoms with Crippen LogP contribution in [0.5, 0.6) is 0 Å². The summed E-state index contributed by atoms with van der Waals surface area (Å²) in [5.41, 5.74) is 0.516. The molecule has 0 aromatic carbocycles. The minimum Gasteiger partial charge on any atom is -0.323 e. The summed E-state index contributed by atoms with van der Waals surface area (Å²) in [5.74, 6) is -0.103. The van der Waals surface area contributed by atoms with Gasteiger partial charge in [0.05, 0.1) is 12.1 Å². The largest absolute Gasteiger partial charge is 0.323 e. The van der Waals surface area contributed by atoms with Gasteiger partial charge in [0.2, 0.25) is 5.91 Å². The molecule has 0 aliphatic heterocycles. The lowest BCUT2D eigenvalue weighted by Gasteiger charge is -2.06. The maximum Gasteiger partial charge on any atom is 0.229 e. The summed E-state index contributed by atoms with van der Waals surface area (Å²) in [6.45, 7) is 0. The van der Waals surface area contributed by atoms with Crippen molar-refractivity contribution >= 4 is 50.5 Å². The van der Waals surface area contributed by atoms with E-state index in [0.717, 1.165) is 9.35 Å². The van der Waals surface area contributed by atoms with Crippen LogP contribution < -0.4 is 5.32 Å². The van der Waals surface area contributed by atoms with Gasteiger partial charge in [-0.15, -0.1) is 11.3 Å². The second-order valence-electron chi connectivity index (χ2n) is 3.30. The summed E-state index contributed by atoms with van der Waals surface area (Å²) in [6, 6.07) is 5.56. The zero-order chi connectivity index (χ0) is 12.3. The molecule has 2 aromatic rings. The van der Waals surface area contributed by atoms with E-state index in [-0.39, 0.29) is 11.1 Å². The highest BCUT2D eigenvalue weighted by Crippen LogP contribution is 2.23. The van der Waals surface area contributed by atoms with Gasteiger partial charge in [0, 0.05) is 15.5 Å². The van der Waals surface area contributed by atoms with E-state index in [4.69, 9.17) is 11.6 Å². The molecule has 88 valence electrons. The Bertz CT molecular complexity index is 530. The molecule has 0 atom stereocenters. The maximum absolute atomic E-state index is 11.7. The number of thiophene rings is 1. The Morgan fingerprint density at radius 1 is 1.59 bits per heavy atom. The number of amides is 1. The van der Waals surface area contributed by atoms with Crippen LogP contribution >= 0.6 is 38.9 Å². The molecule has 0 spiro atoms. The zero-order valence-electron chi connectivity index (χ0n) is 8.61. The van der Waals surface area contributed by atoms with Crippen LogP contribution in [-0.2, 0) is 11.2 Å².